The molecule has 1 N–H and O–H groups in total. The number of carboxylic acid groups (broad SMARTS) is 1. The van der Waals surface area contributed by atoms with Gasteiger partial charge in [-0.25, -0.2) is 12.7 Å². The van der Waals surface area contributed by atoms with Gasteiger partial charge in [0.05, 0.1) is 11.2 Å². The van der Waals surface area contributed by atoms with Crippen LogP contribution in [0.2, 0.25) is 0 Å². The van der Waals surface area contributed by atoms with Gasteiger partial charge in [0.15, 0.2) is 0 Å². The molecule has 2 rings (SSSR count). The van der Waals surface area contributed by atoms with Crippen LogP contribution in [0.4, 0.5) is 0 Å². The van der Waals surface area contributed by atoms with E-state index in [1.807, 2.05) is 6.07 Å². The van der Waals surface area contributed by atoms with Crippen molar-refractivity contribution in [1.82, 2.24) is 4.31 Å². The van der Waals surface area contributed by atoms with Gasteiger partial charge in [0.1, 0.15) is 10.9 Å². The number of nitriles is 1. The number of sulfonamides is 1. The van der Waals surface area contributed by atoms with Crippen LogP contribution in [-0.2, 0) is 20.6 Å². The molecule has 1 aromatic rings. The van der Waals surface area contributed by atoms with Crippen molar-refractivity contribution >= 4 is 27.3 Å². The SMILES string of the molecule is CCC1(C(=O)O)CCCN(S(=O)(=O)Cc2csc(C#N)c2)C1. The van der Waals surface area contributed by atoms with Gasteiger partial charge in [-0.1, -0.05) is 6.92 Å². The Balaban J connectivity index is 2.18. The molecule has 0 bridgehead atoms. The molecule has 120 valence electrons. The third kappa shape index (κ3) is 3.32. The Labute approximate surface area is 134 Å². The molecule has 1 aromatic heterocycles. The molecule has 6 nitrogen and oxygen atoms in total. The first-order chi connectivity index (χ1) is 10.3. The molecule has 0 aromatic carbocycles. The van der Waals surface area contributed by atoms with Gasteiger partial charge in [-0.2, -0.15) is 5.26 Å². The van der Waals surface area contributed by atoms with E-state index >= 15 is 0 Å². The number of piperidine rings is 1. The van der Waals surface area contributed by atoms with Gasteiger partial charge >= 0.3 is 5.97 Å². The first-order valence-corrected chi connectivity index (χ1v) is 9.50. The van der Waals surface area contributed by atoms with Crippen molar-refractivity contribution in [3.8, 4) is 6.07 Å². The van der Waals surface area contributed by atoms with Gasteiger partial charge in [0, 0.05) is 13.1 Å². The van der Waals surface area contributed by atoms with Crippen LogP contribution < -0.4 is 0 Å². The highest BCUT2D eigenvalue weighted by atomic mass is 32.2. The lowest BCUT2D eigenvalue weighted by Gasteiger charge is -2.38. The summed E-state index contributed by atoms with van der Waals surface area (Å²) in [5.41, 5.74) is -0.415. The Bertz CT molecular complexity index is 705. The highest BCUT2D eigenvalue weighted by Crippen LogP contribution is 2.35. The fourth-order valence-electron chi connectivity index (χ4n) is 2.75. The van der Waals surface area contributed by atoms with E-state index < -0.39 is 21.4 Å². The van der Waals surface area contributed by atoms with Gasteiger partial charge in [0.2, 0.25) is 10.0 Å². The highest BCUT2D eigenvalue weighted by molar-refractivity contribution is 7.88. The van der Waals surface area contributed by atoms with Gasteiger partial charge in [-0.3, -0.25) is 4.79 Å². The van der Waals surface area contributed by atoms with Gasteiger partial charge in [-0.15, -0.1) is 11.3 Å². The summed E-state index contributed by atoms with van der Waals surface area (Å²) in [6, 6.07) is 3.55. The lowest BCUT2D eigenvalue weighted by atomic mass is 9.78. The quantitative estimate of drug-likeness (QED) is 0.883. The third-order valence-corrected chi connectivity index (χ3v) is 6.86. The van der Waals surface area contributed by atoms with E-state index in [1.165, 1.54) is 15.6 Å². The van der Waals surface area contributed by atoms with Gasteiger partial charge in [0.25, 0.3) is 0 Å². The second kappa shape index (κ2) is 6.36. The number of aliphatic carboxylic acids is 1. The Kier molecular flexibility index (Phi) is 4.90. The van der Waals surface area contributed by atoms with E-state index in [2.05, 4.69) is 0 Å². The lowest BCUT2D eigenvalue weighted by Crippen LogP contribution is -2.49. The van der Waals surface area contributed by atoms with Crippen LogP contribution in [0, 0.1) is 16.7 Å². The number of thiophene rings is 1. The summed E-state index contributed by atoms with van der Waals surface area (Å²) >= 11 is 1.21. The molecule has 1 fully saturated rings. The summed E-state index contributed by atoms with van der Waals surface area (Å²) in [7, 11) is -3.58. The second-order valence-corrected chi connectivity index (χ2v) is 8.44. The molecule has 0 aliphatic carbocycles. The summed E-state index contributed by atoms with van der Waals surface area (Å²) in [4.78, 5) is 12.0. The van der Waals surface area contributed by atoms with E-state index in [0.29, 0.717) is 36.2 Å². The third-order valence-electron chi connectivity index (χ3n) is 4.18. The number of hydrogen-bond acceptors (Lipinski definition) is 5. The lowest BCUT2D eigenvalue weighted by molar-refractivity contribution is -0.151. The van der Waals surface area contributed by atoms with E-state index in [4.69, 9.17) is 5.26 Å². The van der Waals surface area contributed by atoms with E-state index in [1.54, 1.807) is 18.4 Å². The number of rotatable bonds is 5. The van der Waals surface area contributed by atoms with Gasteiger partial charge in [-0.05, 0) is 36.3 Å². The molecule has 1 aliphatic rings. The van der Waals surface area contributed by atoms with Crippen molar-refractivity contribution in [2.24, 2.45) is 5.41 Å². The molecule has 2 heterocycles. The van der Waals surface area contributed by atoms with E-state index in [0.717, 1.165) is 0 Å². The summed E-state index contributed by atoms with van der Waals surface area (Å²) in [6.45, 7) is 2.16. The zero-order valence-corrected chi connectivity index (χ0v) is 13.9. The zero-order valence-electron chi connectivity index (χ0n) is 12.3. The highest BCUT2D eigenvalue weighted by Gasteiger charge is 2.43. The Hall–Kier alpha value is -1.43. The molecule has 8 heteroatoms. The number of carbonyl (C=O) groups is 1. The number of carboxylic acids is 1. The maximum Gasteiger partial charge on any atom is 0.310 e. The number of hydrogen-bond donors (Lipinski definition) is 1. The first kappa shape index (κ1) is 16.9. The van der Waals surface area contributed by atoms with E-state index in [9.17, 15) is 18.3 Å². The Morgan fingerprint density at radius 1 is 1.59 bits per heavy atom. The molecule has 1 saturated heterocycles. The largest absolute Gasteiger partial charge is 0.481 e. The van der Waals surface area contributed by atoms with Crippen LogP contribution >= 0.6 is 11.3 Å². The van der Waals surface area contributed by atoms with Crippen LogP contribution in [0.3, 0.4) is 0 Å². The predicted molar refractivity (Wildman–Crippen MR) is 82.8 cm³/mol. The fraction of sp³-hybridized carbons (Fsp3) is 0.571. The standard InChI is InChI=1S/C14H18N2O4S2/c1-2-14(13(17)18)4-3-5-16(10-14)22(19,20)9-11-6-12(7-15)21-8-11/h6,8H,2-5,9-10H2,1H3,(H,17,18). The first-order valence-electron chi connectivity index (χ1n) is 7.02. The second-order valence-electron chi connectivity index (χ2n) is 5.56. The van der Waals surface area contributed by atoms with Crippen molar-refractivity contribution < 1.29 is 18.3 Å². The predicted octanol–water partition coefficient (Wildman–Crippen LogP) is 2.03. The number of nitrogens with zero attached hydrogens (tertiary/aromatic N) is 2. The summed E-state index contributed by atoms with van der Waals surface area (Å²) in [5.74, 6) is -1.12. The summed E-state index contributed by atoms with van der Waals surface area (Å²) < 4.78 is 26.4. The van der Waals surface area contributed by atoms with Crippen molar-refractivity contribution in [2.45, 2.75) is 31.9 Å². The topological polar surface area (TPSA) is 98.5 Å². The Morgan fingerprint density at radius 2 is 2.32 bits per heavy atom. The van der Waals surface area contributed by atoms with Crippen LogP contribution in [0.15, 0.2) is 11.4 Å². The van der Waals surface area contributed by atoms with Crippen LogP contribution in [0.25, 0.3) is 0 Å². The molecule has 0 radical (unpaired) electrons. The minimum absolute atomic E-state index is 0.0242. The van der Waals surface area contributed by atoms with Crippen LogP contribution in [0.5, 0.6) is 0 Å². The molecular weight excluding hydrogens is 324 g/mol. The maximum absolute atomic E-state index is 12.5. The van der Waals surface area contributed by atoms with Crippen molar-refractivity contribution in [2.75, 3.05) is 13.1 Å². The normalized spacial score (nSPS) is 23.1. The molecular formula is C14H18N2O4S2. The zero-order chi connectivity index (χ0) is 16.4. The minimum Gasteiger partial charge on any atom is -0.481 e. The molecule has 1 atom stereocenters. The average Bonchev–Trinajstić information content (AvgIpc) is 2.94. The average molecular weight is 342 g/mol. The smallest absolute Gasteiger partial charge is 0.310 e. The molecule has 0 amide bonds. The Morgan fingerprint density at radius 3 is 2.86 bits per heavy atom. The molecule has 1 unspecified atom stereocenters. The summed E-state index contributed by atoms with van der Waals surface area (Å²) in [5, 5.41) is 19.9. The van der Waals surface area contributed by atoms with Crippen LogP contribution in [-0.4, -0.2) is 36.9 Å². The van der Waals surface area contributed by atoms with Crippen molar-refractivity contribution in [3.05, 3.63) is 21.9 Å². The van der Waals surface area contributed by atoms with Crippen LogP contribution in [0.1, 0.15) is 36.6 Å². The minimum atomic E-state index is -3.58. The van der Waals surface area contributed by atoms with E-state index in [-0.39, 0.29) is 12.3 Å². The summed E-state index contributed by atoms with van der Waals surface area (Å²) in [6.07, 6.45) is 1.46. The van der Waals surface area contributed by atoms with Crippen molar-refractivity contribution in [1.29, 1.82) is 5.26 Å². The molecule has 0 saturated carbocycles. The monoisotopic (exact) mass is 342 g/mol. The maximum atomic E-state index is 12.5. The van der Waals surface area contributed by atoms with Gasteiger partial charge < -0.3 is 5.11 Å². The molecule has 22 heavy (non-hydrogen) atoms. The molecule has 1 aliphatic heterocycles. The molecule has 0 spiro atoms. The fourth-order valence-corrected chi connectivity index (χ4v) is 5.18. The van der Waals surface area contributed by atoms with Crippen molar-refractivity contribution in [3.63, 3.8) is 0 Å².